The molecule has 0 spiro atoms. The van der Waals surface area contributed by atoms with Crippen molar-refractivity contribution in [1.82, 2.24) is 9.97 Å². The predicted octanol–water partition coefficient (Wildman–Crippen LogP) is 2.59. The van der Waals surface area contributed by atoms with Gasteiger partial charge in [-0.1, -0.05) is 42.5 Å². The number of rotatable bonds is 5. The van der Waals surface area contributed by atoms with E-state index in [1.807, 2.05) is 6.07 Å². The lowest BCUT2D eigenvalue weighted by molar-refractivity contribution is 0.0691. The molecule has 2 aromatic carbocycles. The monoisotopic (exact) mass is 377 g/mol. The first kappa shape index (κ1) is 18.5. The lowest BCUT2D eigenvalue weighted by Gasteiger charge is -2.06. The number of aromatic nitrogens is 2. The Morgan fingerprint density at radius 2 is 2.00 bits per heavy atom. The number of benzene rings is 2. The van der Waals surface area contributed by atoms with Gasteiger partial charge in [0, 0.05) is 11.1 Å². The summed E-state index contributed by atoms with van der Waals surface area (Å²) in [5.41, 5.74) is 1.88. The fourth-order valence-corrected chi connectivity index (χ4v) is 2.47. The number of carbonyl (C=O) groups is 1. The summed E-state index contributed by atoms with van der Waals surface area (Å²) in [5.74, 6) is -2.39. The molecule has 138 valence electrons. The molecule has 1 heterocycles. The zero-order chi connectivity index (χ0) is 20.1. The van der Waals surface area contributed by atoms with Crippen LogP contribution in [0, 0.1) is 17.1 Å². The number of nitriles is 1. The lowest BCUT2D eigenvalue weighted by atomic mass is 10.1. The molecule has 0 saturated carbocycles. The Kier molecular flexibility index (Phi) is 5.23. The maximum atomic E-state index is 13.7. The van der Waals surface area contributed by atoms with Gasteiger partial charge in [0.2, 0.25) is 5.95 Å². The van der Waals surface area contributed by atoms with Gasteiger partial charge in [-0.25, -0.2) is 19.6 Å². The van der Waals surface area contributed by atoms with Crippen molar-refractivity contribution < 1.29 is 14.3 Å². The molecule has 1 aromatic heterocycles. The molecule has 3 aromatic rings. The molecular formula is C19H12FN5O3. The molecule has 28 heavy (non-hydrogen) atoms. The molecule has 3 rings (SSSR count). The SMILES string of the molecule is N#Cc1c(-c2ccccc2)nc(NN=Cc2cccc(F)c2C(=O)O)[nH]c1=O. The van der Waals surface area contributed by atoms with E-state index in [-0.39, 0.29) is 22.8 Å². The second kappa shape index (κ2) is 7.92. The number of hydrogen-bond acceptors (Lipinski definition) is 6. The summed E-state index contributed by atoms with van der Waals surface area (Å²) in [5, 5.41) is 22.1. The maximum absolute atomic E-state index is 13.7. The lowest BCUT2D eigenvalue weighted by Crippen LogP contribution is -2.16. The summed E-state index contributed by atoms with van der Waals surface area (Å²) < 4.78 is 13.7. The van der Waals surface area contributed by atoms with E-state index < -0.39 is 22.9 Å². The molecule has 0 radical (unpaired) electrons. The number of H-pyrrole nitrogens is 1. The molecule has 0 fully saturated rings. The fraction of sp³-hybridized carbons (Fsp3) is 0. The van der Waals surface area contributed by atoms with Gasteiger partial charge in [0.25, 0.3) is 5.56 Å². The van der Waals surface area contributed by atoms with E-state index in [9.17, 15) is 19.2 Å². The third kappa shape index (κ3) is 3.76. The maximum Gasteiger partial charge on any atom is 0.339 e. The molecule has 3 N–H and O–H groups in total. The highest BCUT2D eigenvalue weighted by atomic mass is 19.1. The van der Waals surface area contributed by atoms with Crippen LogP contribution in [0.4, 0.5) is 10.3 Å². The molecule has 0 aliphatic rings. The Balaban J connectivity index is 1.95. The predicted molar refractivity (Wildman–Crippen MR) is 99.6 cm³/mol. The molecule has 0 unspecified atom stereocenters. The van der Waals surface area contributed by atoms with Crippen LogP contribution in [0.25, 0.3) is 11.3 Å². The fourth-order valence-electron chi connectivity index (χ4n) is 2.47. The Morgan fingerprint density at radius 3 is 2.68 bits per heavy atom. The Morgan fingerprint density at radius 1 is 1.25 bits per heavy atom. The van der Waals surface area contributed by atoms with Gasteiger partial charge in [0.1, 0.15) is 23.0 Å². The number of hydrogen-bond donors (Lipinski definition) is 3. The summed E-state index contributed by atoms with van der Waals surface area (Å²) in [7, 11) is 0. The highest BCUT2D eigenvalue weighted by molar-refractivity contribution is 5.98. The van der Waals surface area contributed by atoms with Crippen LogP contribution in [0.1, 0.15) is 21.5 Å². The summed E-state index contributed by atoms with van der Waals surface area (Å²) in [6, 6.07) is 14.2. The van der Waals surface area contributed by atoms with Crippen molar-refractivity contribution in [2.24, 2.45) is 5.10 Å². The van der Waals surface area contributed by atoms with Gasteiger partial charge in [-0.3, -0.25) is 9.78 Å². The largest absolute Gasteiger partial charge is 0.478 e. The van der Waals surface area contributed by atoms with Crippen LogP contribution < -0.4 is 11.0 Å². The highest BCUT2D eigenvalue weighted by Crippen LogP contribution is 2.19. The molecule has 9 heteroatoms. The summed E-state index contributed by atoms with van der Waals surface area (Å²) in [6.45, 7) is 0. The van der Waals surface area contributed by atoms with Crippen molar-refractivity contribution in [3.8, 4) is 17.3 Å². The van der Waals surface area contributed by atoms with E-state index in [0.29, 0.717) is 5.56 Å². The minimum Gasteiger partial charge on any atom is -0.478 e. The topological polar surface area (TPSA) is 131 Å². The van der Waals surface area contributed by atoms with E-state index in [4.69, 9.17) is 5.11 Å². The van der Waals surface area contributed by atoms with Crippen molar-refractivity contribution in [3.05, 3.63) is 81.4 Å². The molecule has 0 aliphatic carbocycles. The van der Waals surface area contributed by atoms with Crippen LogP contribution in [-0.2, 0) is 0 Å². The summed E-state index contributed by atoms with van der Waals surface area (Å²) >= 11 is 0. The van der Waals surface area contributed by atoms with Gasteiger partial charge in [0.05, 0.1) is 11.9 Å². The Bertz CT molecular complexity index is 1170. The second-order valence-corrected chi connectivity index (χ2v) is 5.50. The van der Waals surface area contributed by atoms with Crippen molar-refractivity contribution in [1.29, 1.82) is 5.26 Å². The minimum atomic E-state index is -1.43. The number of aromatic amines is 1. The summed E-state index contributed by atoms with van der Waals surface area (Å²) in [6.07, 6.45) is 1.09. The van der Waals surface area contributed by atoms with Crippen LogP contribution in [-0.4, -0.2) is 27.3 Å². The van der Waals surface area contributed by atoms with Gasteiger partial charge in [-0.15, -0.1) is 0 Å². The Hall–Kier alpha value is -4.32. The molecular weight excluding hydrogens is 365 g/mol. The van der Waals surface area contributed by atoms with Crippen molar-refractivity contribution in [2.45, 2.75) is 0 Å². The average molecular weight is 377 g/mol. The number of hydrazone groups is 1. The zero-order valence-corrected chi connectivity index (χ0v) is 14.2. The van der Waals surface area contributed by atoms with E-state index in [0.717, 1.165) is 12.3 Å². The molecule has 0 amide bonds. The van der Waals surface area contributed by atoms with Crippen molar-refractivity contribution >= 4 is 18.1 Å². The van der Waals surface area contributed by atoms with E-state index >= 15 is 0 Å². The van der Waals surface area contributed by atoms with Gasteiger partial charge in [0.15, 0.2) is 0 Å². The molecule has 0 atom stereocenters. The van der Waals surface area contributed by atoms with Gasteiger partial charge >= 0.3 is 5.97 Å². The van der Waals surface area contributed by atoms with Crippen LogP contribution in [0.2, 0.25) is 0 Å². The van der Waals surface area contributed by atoms with E-state index in [2.05, 4.69) is 20.5 Å². The quantitative estimate of drug-likeness (QED) is 0.463. The van der Waals surface area contributed by atoms with E-state index in [1.165, 1.54) is 12.1 Å². The van der Waals surface area contributed by atoms with E-state index in [1.54, 1.807) is 30.3 Å². The Labute approximate surface area is 157 Å². The van der Waals surface area contributed by atoms with Gasteiger partial charge in [-0.2, -0.15) is 10.4 Å². The number of halogens is 1. The molecule has 0 aliphatic heterocycles. The normalized spacial score (nSPS) is 10.6. The number of nitrogens with one attached hydrogen (secondary N) is 2. The average Bonchev–Trinajstić information content (AvgIpc) is 2.68. The van der Waals surface area contributed by atoms with Crippen molar-refractivity contribution in [2.75, 3.05) is 5.43 Å². The first-order valence-electron chi connectivity index (χ1n) is 7.92. The second-order valence-electron chi connectivity index (χ2n) is 5.50. The number of carboxylic acid groups (broad SMARTS) is 1. The smallest absolute Gasteiger partial charge is 0.339 e. The number of nitrogens with zero attached hydrogens (tertiary/aromatic N) is 3. The summed E-state index contributed by atoms with van der Waals surface area (Å²) in [4.78, 5) is 29.9. The molecule has 8 nitrogen and oxygen atoms in total. The third-order valence-electron chi connectivity index (χ3n) is 3.71. The standard InChI is InChI=1S/C19H12FN5O3/c20-14-8-4-7-12(15(14)18(27)28)10-22-25-19-23-16(11-5-2-1-3-6-11)13(9-21)17(26)24-19/h1-8,10H,(H,27,28)(H2,23,24,25,26). The van der Waals surface area contributed by atoms with Gasteiger partial charge < -0.3 is 5.11 Å². The first-order valence-corrected chi connectivity index (χ1v) is 7.92. The van der Waals surface area contributed by atoms with Crippen LogP contribution >= 0.6 is 0 Å². The van der Waals surface area contributed by atoms with Crippen LogP contribution in [0.5, 0.6) is 0 Å². The minimum absolute atomic E-state index is 0.0271. The zero-order valence-electron chi connectivity index (χ0n) is 14.2. The van der Waals surface area contributed by atoms with Crippen molar-refractivity contribution in [3.63, 3.8) is 0 Å². The number of anilines is 1. The number of carboxylic acids is 1. The molecule has 0 saturated heterocycles. The third-order valence-corrected chi connectivity index (χ3v) is 3.71. The highest BCUT2D eigenvalue weighted by Gasteiger charge is 2.15. The molecule has 0 bridgehead atoms. The first-order chi connectivity index (χ1) is 13.5. The number of aromatic carboxylic acids is 1. The van der Waals surface area contributed by atoms with Crippen LogP contribution in [0.15, 0.2) is 58.4 Å². The van der Waals surface area contributed by atoms with Gasteiger partial charge in [-0.05, 0) is 6.07 Å². The van der Waals surface area contributed by atoms with Crippen LogP contribution in [0.3, 0.4) is 0 Å².